The minimum Gasteiger partial charge on any atom is -0.313 e. The Kier molecular flexibility index (Phi) is 1.66. The first-order chi connectivity index (χ1) is 6.45. The van der Waals surface area contributed by atoms with Gasteiger partial charge in [0.25, 0.3) is 0 Å². The van der Waals surface area contributed by atoms with E-state index in [1.165, 1.54) is 31.4 Å². The van der Waals surface area contributed by atoms with Crippen molar-refractivity contribution in [3.63, 3.8) is 0 Å². The highest BCUT2D eigenvalue weighted by Crippen LogP contribution is 2.39. The van der Waals surface area contributed by atoms with Gasteiger partial charge in [-0.05, 0) is 48.4 Å². The lowest BCUT2D eigenvalue weighted by Crippen LogP contribution is -2.16. The van der Waals surface area contributed by atoms with E-state index in [1.807, 2.05) is 0 Å². The topological polar surface area (TPSA) is 12.0 Å². The van der Waals surface area contributed by atoms with Crippen LogP contribution >= 0.6 is 0 Å². The van der Waals surface area contributed by atoms with Gasteiger partial charge in [0, 0.05) is 6.54 Å². The predicted octanol–water partition coefficient (Wildman–Crippen LogP) is 2.18. The molecule has 0 spiro atoms. The zero-order valence-corrected chi connectivity index (χ0v) is 7.84. The fourth-order valence-corrected chi connectivity index (χ4v) is 2.76. The summed E-state index contributed by atoms with van der Waals surface area (Å²) < 4.78 is 0. The summed E-state index contributed by atoms with van der Waals surface area (Å²) in [4.78, 5) is 0. The van der Waals surface area contributed by atoms with Crippen molar-refractivity contribution >= 4 is 0 Å². The Morgan fingerprint density at radius 1 is 1.23 bits per heavy atom. The number of rotatable bonds is 0. The smallest absolute Gasteiger partial charge is 0.0208 e. The highest BCUT2D eigenvalue weighted by molar-refractivity contribution is 5.56. The van der Waals surface area contributed by atoms with E-state index in [0.29, 0.717) is 0 Å². The minimum absolute atomic E-state index is 0.847. The molecule has 0 aromatic carbocycles. The molecule has 0 radical (unpaired) electrons. The van der Waals surface area contributed by atoms with Crippen LogP contribution in [0.1, 0.15) is 19.3 Å². The Balaban J connectivity index is 2.08. The molecule has 1 N–H and O–H groups in total. The largest absolute Gasteiger partial charge is 0.313 e. The van der Waals surface area contributed by atoms with Gasteiger partial charge >= 0.3 is 0 Å². The van der Waals surface area contributed by atoms with Crippen LogP contribution in [0.2, 0.25) is 0 Å². The molecule has 1 atom stereocenters. The van der Waals surface area contributed by atoms with Crippen molar-refractivity contribution in [1.29, 1.82) is 0 Å². The molecule has 1 nitrogen and oxygen atoms in total. The third kappa shape index (κ3) is 1.11. The van der Waals surface area contributed by atoms with Crippen LogP contribution in [0.5, 0.6) is 0 Å². The van der Waals surface area contributed by atoms with E-state index < -0.39 is 0 Å². The molecular weight excluding hydrogens is 158 g/mol. The molecule has 0 amide bonds. The molecule has 0 bridgehead atoms. The first-order valence-corrected chi connectivity index (χ1v) is 5.27. The Hall–Kier alpha value is -0.820. The lowest BCUT2D eigenvalue weighted by molar-refractivity contribution is 0.512. The summed E-state index contributed by atoms with van der Waals surface area (Å²) in [7, 11) is 0. The molecule has 1 heterocycles. The van der Waals surface area contributed by atoms with E-state index in [2.05, 4.69) is 23.5 Å². The summed E-state index contributed by atoms with van der Waals surface area (Å²) in [5, 5.41) is 3.49. The van der Waals surface area contributed by atoms with Crippen LogP contribution in [0.15, 0.2) is 34.9 Å². The summed E-state index contributed by atoms with van der Waals surface area (Å²) in [6.07, 6.45) is 11.0. The van der Waals surface area contributed by atoms with Crippen molar-refractivity contribution in [1.82, 2.24) is 5.32 Å². The van der Waals surface area contributed by atoms with E-state index in [1.54, 1.807) is 11.1 Å². The highest BCUT2D eigenvalue weighted by atomic mass is 14.9. The lowest BCUT2D eigenvalue weighted by atomic mass is 9.82. The van der Waals surface area contributed by atoms with E-state index in [-0.39, 0.29) is 0 Å². The van der Waals surface area contributed by atoms with E-state index in [4.69, 9.17) is 0 Å². The third-order valence-electron chi connectivity index (χ3n) is 3.39. The molecule has 1 unspecified atom stereocenters. The van der Waals surface area contributed by atoms with E-state index in [0.717, 1.165) is 12.5 Å². The van der Waals surface area contributed by atoms with E-state index in [9.17, 15) is 0 Å². The highest BCUT2D eigenvalue weighted by Gasteiger charge is 2.26. The minimum atomic E-state index is 0.847. The maximum Gasteiger partial charge on any atom is 0.0208 e. The van der Waals surface area contributed by atoms with Crippen LogP contribution in [0, 0.1) is 5.92 Å². The summed E-state index contributed by atoms with van der Waals surface area (Å²) in [6, 6.07) is 0. The second-order valence-corrected chi connectivity index (χ2v) is 4.17. The molecule has 1 aliphatic heterocycles. The summed E-state index contributed by atoms with van der Waals surface area (Å²) in [5.41, 5.74) is 4.74. The first-order valence-electron chi connectivity index (χ1n) is 5.27. The fraction of sp³-hybridized carbons (Fsp3) is 0.500. The molecular formula is C12H15N. The van der Waals surface area contributed by atoms with Crippen LogP contribution in [-0.2, 0) is 0 Å². The average Bonchev–Trinajstić information content (AvgIpc) is 2.44. The number of nitrogens with one attached hydrogen (secondary N) is 1. The Morgan fingerprint density at radius 3 is 3.23 bits per heavy atom. The number of hydrogen-bond donors (Lipinski definition) is 1. The standard InChI is InChI=1S/C12H15N/c1-2-9-4-5-11-8-13-7-6-10(3-1)12(9)11/h2,4-5,10,13H,1,3,6-8H2. The van der Waals surface area contributed by atoms with Crippen LogP contribution in [-0.4, -0.2) is 13.1 Å². The zero-order valence-electron chi connectivity index (χ0n) is 7.84. The van der Waals surface area contributed by atoms with Gasteiger partial charge in [-0.15, -0.1) is 0 Å². The zero-order chi connectivity index (χ0) is 8.67. The van der Waals surface area contributed by atoms with Gasteiger partial charge in [-0.3, -0.25) is 0 Å². The molecule has 0 fully saturated rings. The van der Waals surface area contributed by atoms with Crippen LogP contribution < -0.4 is 5.32 Å². The van der Waals surface area contributed by atoms with Gasteiger partial charge in [-0.1, -0.05) is 18.2 Å². The molecule has 3 rings (SSSR count). The molecule has 2 aliphatic carbocycles. The molecule has 0 saturated carbocycles. The van der Waals surface area contributed by atoms with Gasteiger partial charge in [0.2, 0.25) is 0 Å². The quantitative estimate of drug-likeness (QED) is 0.592. The third-order valence-corrected chi connectivity index (χ3v) is 3.39. The Labute approximate surface area is 79.2 Å². The van der Waals surface area contributed by atoms with Crippen molar-refractivity contribution in [3.05, 3.63) is 34.9 Å². The van der Waals surface area contributed by atoms with Gasteiger partial charge in [0.05, 0.1) is 0 Å². The maximum absolute atomic E-state index is 3.49. The Morgan fingerprint density at radius 2 is 2.23 bits per heavy atom. The lowest BCUT2D eigenvalue weighted by Gasteiger charge is -2.22. The normalized spacial score (nSPS) is 31.4. The fourth-order valence-electron chi connectivity index (χ4n) is 2.76. The van der Waals surface area contributed by atoms with Crippen molar-refractivity contribution < 1.29 is 0 Å². The summed E-state index contributed by atoms with van der Waals surface area (Å²) in [5.74, 6) is 0.847. The van der Waals surface area contributed by atoms with Gasteiger partial charge in [-0.2, -0.15) is 0 Å². The molecule has 68 valence electrons. The van der Waals surface area contributed by atoms with Crippen LogP contribution in [0.4, 0.5) is 0 Å². The molecule has 0 aromatic heterocycles. The van der Waals surface area contributed by atoms with Crippen molar-refractivity contribution in [2.24, 2.45) is 5.92 Å². The molecule has 13 heavy (non-hydrogen) atoms. The van der Waals surface area contributed by atoms with Gasteiger partial charge in [0.15, 0.2) is 0 Å². The average molecular weight is 173 g/mol. The number of allylic oxidation sites excluding steroid dienone is 4. The molecule has 3 aliphatic rings. The summed E-state index contributed by atoms with van der Waals surface area (Å²) >= 11 is 0. The predicted molar refractivity (Wildman–Crippen MR) is 54.5 cm³/mol. The van der Waals surface area contributed by atoms with E-state index >= 15 is 0 Å². The van der Waals surface area contributed by atoms with Gasteiger partial charge in [-0.25, -0.2) is 0 Å². The van der Waals surface area contributed by atoms with Crippen LogP contribution in [0.3, 0.4) is 0 Å². The van der Waals surface area contributed by atoms with Crippen molar-refractivity contribution in [2.45, 2.75) is 19.3 Å². The molecule has 0 aromatic rings. The molecule has 0 saturated heterocycles. The number of hydrogen-bond acceptors (Lipinski definition) is 1. The van der Waals surface area contributed by atoms with Crippen LogP contribution in [0.25, 0.3) is 0 Å². The van der Waals surface area contributed by atoms with Crippen molar-refractivity contribution in [3.8, 4) is 0 Å². The monoisotopic (exact) mass is 173 g/mol. The second-order valence-electron chi connectivity index (χ2n) is 4.17. The maximum atomic E-state index is 3.49. The molecule has 1 heteroatoms. The van der Waals surface area contributed by atoms with Gasteiger partial charge in [0.1, 0.15) is 0 Å². The second kappa shape index (κ2) is 2.85. The SMILES string of the molecule is C1=CC2=C3C1=CCCC3CCNC2. The first kappa shape index (κ1) is 7.57. The summed E-state index contributed by atoms with van der Waals surface area (Å²) in [6.45, 7) is 2.28. The van der Waals surface area contributed by atoms with Gasteiger partial charge < -0.3 is 5.32 Å². The Bertz CT molecular complexity index is 320. The van der Waals surface area contributed by atoms with Crippen molar-refractivity contribution in [2.75, 3.05) is 13.1 Å².